The van der Waals surface area contributed by atoms with Gasteiger partial charge in [0.2, 0.25) is 0 Å². The normalized spacial score (nSPS) is 12.2. The summed E-state index contributed by atoms with van der Waals surface area (Å²) in [6, 6.07) is 114. The van der Waals surface area contributed by atoms with Gasteiger partial charge in [-0.3, -0.25) is 29.9 Å². The molecule has 0 atom stereocenters. The number of aromatic nitrogens is 9. The summed E-state index contributed by atoms with van der Waals surface area (Å²) >= 11 is 0. The predicted molar refractivity (Wildman–Crippen MR) is 538 cm³/mol. The SMILES string of the molecule is CC(C)(C)c1ccc2c(c1)c1cc(C(C)(C)C)ccc1n2-c1cccc(-c2ccc3c(c2)c2ccccc2c2nccnc32)c1.CC(C)c1ccc2c(c1)c1cc(C(C)C)ccc1n2-c1cccc(-c2ccc3c(c2)c2ccccc2c2nccnc32)c1.Cc1ccc2c(c1)c1cc(C)ccc1n2-c1cccc(-c2ccc3c(c2)c2ccccc2c2nccnc32)c1. The van der Waals surface area contributed by atoms with Gasteiger partial charge in [-0.25, -0.2) is 0 Å². The van der Waals surface area contributed by atoms with Crippen LogP contribution in [0.15, 0.2) is 347 Å². The predicted octanol–water partition coefficient (Wildman–Crippen LogP) is 31.6. The Labute approximate surface area is 738 Å². The smallest absolute Gasteiger partial charge is 0.0971 e. The molecule has 6 aromatic heterocycles. The lowest BCUT2D eigenvalue weighted by molar-refractivity contribution is 0.590. The third kappa shape index (κ3) is 13.4. The van der Waals surface area contributed by atoms with Crippen LogP contribution in [0.5, 0.6) is 0 Å². The Morgan fingerprint density at radius 3 is 0.748 bits per heavy atom. The molecule has 0 fully saturated rings. The number of hydrogen-bond donors (Lipinski definition) is 0. The van der Waals surface area contributed by atoms with Gasteiger partial charge in [0.1, 0.15) is 0 Å². The van der Waals surface area contributed by atoms with Crippen molar-refractivity contribution in [3.05, 3.63) is 380 Å². The number of hydrogen-bond acceptors (Lipinski definition) is 6. The second-order valence-electron chi connectivity index (χ2n) is 37.2. The minimum absolute atomic E-state index is 0.0708. The van der Waals surface area contributed by atoms with Gasteiger partial charge in [0.05, 0.1) is 66.2 Å². The van der Waals surface area contributed by atoms with Crippen LogP contribution in [-0.4, -0.2) is 43.6 Å². The fourth-order valence-electron chi connectivity index (χ4n) is 19.7. The highest BCUT2D eigenvalue weighted by Crippen LogP contribution is 2.45. The quantitative estimate of drug-likeness (QED) is 0.141. The molecule has 0 saturated carbocycles. The Kier molecular flexibility index (Phi) is 18.7. The third-order valence-corrected chi connectivity index (χ3v) is 26.4. The topological polar surface area (TPSA) is 92.1 Å². The molecule has 9 heteroatoms. The van der Waals surface area contributed by atoms with Crippen LogP contribution in [-0.2, 0) is 10.8 Å². The van der Waals surface area contributed by atoms with E-state index in [0.717, 1.165) is 76.8 Å². The Morgan fingerprint density at radius 1 is 0.205 bits per heavy atom. The summed E-state index contributed by atoms with van der Waals surface area (Å²) < 4.78 is 7.26. The van der Waals surface area contributed by atoms with E-state index in [1.165, 1.54) is 170 Å². The molecule has 0 radical (unpaired) electrons. The van der Waals surface area contributed by atoms with Crippen molar-refractivity contribution in [1.82, 2.24) is 43.6 Å². The number of rotatable bonds is 8. The summed E-state index contributed by atoms with van der Waals surface area (Å²) in [5.74, 6) is 0.956. The van der Waals surface area contributed by atoms with Crippen molar-refractivity contribution < 1.29 is 0 Å². The Hall–Kier alpha value is -15.1. The molecule has 24 rings (SSSR count). The van der Waals surface area contributed by atoms with E-state index in [1.54, 1.807) is 37.2 Å². The van der Waals surface area contributed by atoms with Gasteiger partial charge in [-0.05, 0) is 252 Å². The molecule has 0 saturated heterocycles. The van der Waals surface area contributed by atoms with Crippen LogP contribution in [0.3, 0.4) is 0 Å². The molecule has 0 spiro atoms. The van der Waals surface area contributed by atoms with Crippen molar-refractivity contribution in [2.45, 2.75) is 106 Å². The van der Waals surface area contributed by atoms with Crippen molar-refractivity contribution in [1.29, 1.82) is 0 Å². The van der Waals surface area contributed by atoms with Gasteiger partial charge in [0.15, 0.2) is 0 Å². The highest BCUT2D eigenvalue weighted by molar-refractivity contribution is 6.26. The Bertz CT molecular complexity index is 8360. The van der Waals surface area contributed by atoms with Crippen LogP contribution < -0.4 is 0 Å². The van der Waals surface area contributed by atoms with Crippen LogP contribution in [0.1, 0.15) is 114 Å². The van der Waals surface area contributed by atoms with E-state index >= 15 is 0 Å². The first kappa shape index (κ1) is 78.0. The van der Waals surface area contributed by atoms with Crippen LogP contribution >= 0.6 is 0 Å². The summed E-state index contributed by atoms with van der Waals surface area (Å²) in [6.07, 6.45) is 10.7. The maximum absolute atomic E-state index is 4.74. The molecule has 9 nitrogen and oxygen atoms in total. The highest BCUT2D eigenvalue weighted by atomic mass is 15.0. The van der Waals surface area contributed by atoms with Gasteiger partial charge in [-0.1, -0.05) is 262 Å². The fraction of sp³-hybridized carbons (Fsp3) is 0.136. The monoisotopic (exact) mass is 1640 g/mol. The van der Waals surface area contributed by atoms with E-state index < -0.39 is 0 Å². The first-order valence-electron chi connectivity index (χ1n) is 44.4. The zero-order chi connectivity index (χ0) is 86.4. The first-order chi connectivity index (χ1) is 61.7. The fourth-order valence-corrected chi connectivity index (χ4v) is 19.7. The molecule has 18 aromatic carbocycles. The Morgan fingerprint density at radius 2 is 0.457 bits per heavy atom. The summed E-state index contributed by atoms with van der Waals surface area (Å²) in [6.45, 7) is 27.2. The molecule has 0 aliphatic rings. The van der Waals surface area contributed by atoms with Gasteiger partial charge in [0.25, 0.3) is 0 Å². The summed E-state index contributed by atoms with van der Waals surface area (Å²) in [4.78, 5) is 28.3. The first-order valence-corrected chi connectivity index (χ1v) is 44.4. The molecule has 0 bridgehead atoms. The van der Waals surface area contributed by atoms with Crippen molar-refractivity contribution >= 4 is 163 Å². The average Bonchev–Trinajstić information content (AvgIpc) is 1.71. The molecule has 0 unspecified atom stereocenters. The molecule has 0 aliphatic carbocycles. The number of aryl methyl sites for hydroxylation is 2. The molecule has 0 N–H and O–H groups in total. The molecule has 0 amide bonds. The zero-order valence-electron chi connectivity index (χ0n) is 73.6. The molecular formula is C118H95N9. The maximum Gasteiger partial charge on any atom is 0.0971 e. The molecule has 0 aliphatic heterocycles. The molecule has 612 valence electrons. The largest absolute Gasteiger partial charge is 0.309 e. The van der Waals surface area contributed by atoms with Crippen molar-refractivity contribution in [3.8, 4) is 50.4 Å². The summed E-state index contributed by atoms with van der Waals surface area (Å²) in [5, 5.41) is 21.8. The van der Waals surface area contributed by atoms with E-state index in [2.05, 4.69) is 411 Å². The van der Waals surface area contributed by atoms with E-state index in [-0.39, 0.29) is 10.8 Å². The van der Waals surface area contributed by atoms with Crippen molar-refractivity contribution in [2.24, 2.45) is 0 Å². The van der Waals surface area contributed by atoms with E-state index in [9.17, 15) is 0 Å². The lowest BCUT2D eigenvalue weighted by Gasteiger charge is -2.19. The van der Waals surface area contributed by atoms with E-state index in [0.29, 0.717) is 11.8 Å². The lowest BCUT2D eigenvalue weighted by Crippen LogP contribution is -2.10. The van der Waals surface area contributed by atoms with Crippen LogP contribution in [0, 0.1) is 13.8 Å². The van der Waals surface area contributed by atoms with Crippen LogP contribution in [0.4, 0.5) is 0 Å². The maximum atomic E-state index is 4.74. The average molecular weight is 1640 g/mol. The Balaban J connectivity index is 0.000000113. The van der Waals surface area contributed by atoms with E-state index in [4.69, 9.17) is 24.9 Å². The number of fused-ring (bicyclic) bond motifs is 27. The molecule has 24 aromatic rings. The second kappa shape index (κ2) is 30.4. The van der Waals surface area contributed by atoms with Crippen LogP contribution in [0.2, 0.25) is 0 Å². The minimum atomic E-state index is 0.0708. The molecular weight excluding hydrogens is 1540 g/mol. The van der Waals surface area contributed by atoms with Crippen LogP contribution in [0.25, 0.3) is 214 Å². The minimum Gasteiger partial charge on any atom is -0.309 e. The standard InChI is InChI=1S/C42H37N3.C40H33N3.C36H25N3/c1-41(2,3)28-15-18-37-35(24-28)36-25-29(42(4,5)6)16-19-38(36)45(37)30-11-9-10-26(22-30)27-14-17-33-34(23-27)31-12-7-8-13-32(31)39-40(33)44-21-20-43-39;1-24(2)26-13-16-37-35(21-26)36-22-27(25(3)4)14-17-38(36)43(37)30-9-7-8-28(20-30)29-12-15-33-34(23-29)31-10-5-6-11-32(31)39-40(33)42-19-18-41-39;1-22-10-14-33-31(18-22)32-19-23(2)11-15-34(32)39(33)26-7-5-6-24(20-26)25-12-13-29-30(21-25)27-8-3-4-9-28(27)35-36(29)38-17-16-37-35/h7-25H,1-6H3;5-25H,1-4H3;3-21H,1-2H3. The van der Waals surface area contributed by atoms with Gasteiger partial charge in [-0.15, -0.1) is 0 Å². The zero-order valence-corrected chi connectivity index (χ0v) is 73.6. The van der Waals surface area contributed by atoms with Gasteiger partial charge in [0, 0.05) is 119 Å². The number of nitrogens with zero attached hydrogens (tertiary/aromatic N) is 9. The summed E-state index contributed by atoms with van der Waals surface area (Å²) in [7, 11) is 0. The molecule has 6 heterocycles. The lowest BCUT2D eigenvalue weighted by atomic mass is 9.85. The highest BCUT2D eigenvalue weighted by Gasteiger charge is 2.25. The van der Waals surface area contributed by atoms with Gasteiger partial charge >= 0.3 is 0 Å². The summed E-state index contributed by atoms with van der Waals surface area (Å²) in [5.41, 5.74) is 31.8. The van der Waals surface area contributed by atoms with Crippen molar-refractivity contribution in [3.63, 3.8) is 0 Å². The van der Waals surface area contributed by atoms with Gasteiger partial charge in [-0.2, -0.15) is 0 Å². The molecule has 127 heavy (non-hydrogen) atoms. The third-order valence-electron chi connectivity index (χ3n) is 26.4. The van der Waals surface area contributed by atoms with E-state index in [1.807, 2.05) is 0 Å². The van der Waals surface area contributed by atoms with Crippen molar-refractivity contribution in [2.75, 3.05) is 0 Å². The van der Waals surface area contributed by atoms with Gasteiger partial charge < -0.3 is 13.7 Å². The second-order valence-corrected chi connectivity index (χ2v) is 37.2. The number of benzene rings is 18.